The largest absolute Gasteiger partial charge is 0.493 e. The Balaban J connectivity index is 1.47. The van der Waals surface area contributed by atoms with Gasteiger partial charge in [-0.1, -0.05) is 0 Å². The normalized spacial score (nSPS) is 21.9. The second-order valence-corrected chi connectivity index (χ2v) is 8.14. The number of piperidine rings is 1. The average Bonchev–Trinajstić information content (AvgIpc) is 3.14. The number of carbonyl (C=O) groups is 2. The van der Waals surface area contributed by atoms with Crippen molar-refractivity contribution < 1.29 is 19.1 Å². The number of nitrogens with zero attached hydrogens (tertiary/aromatic N) is 3. The number of amides is 2. The summed E-state index contributed by atoms with van der Waals surface area (Å²) in [6.45, 7) is 5.71. The van der Waals surface area contributed by atoms with Gasteiger partial charge in [0.1, 0.15) is 17.9 Å². The van der Waals surface area contributed by atoms with E-state index in [-0.39, 0.29) is 18.4 Å². The molecular formula is C22H24N4O4. The number of fused-ring (bicyclic) bond motifs is 2. The van der Waals surface area contributed by atoms with Crippen LogP contribution in [-0.4, -0.2) is 47.5 Å². The smallest absolute Gasteiger partial charge is 0.252 e. The Morgan fingerprint density at radius 3 is 2.67 bits per heavy atom. The Bertz CT molecular complexity index is 1030. The number of benzene rings is 1. The first kappa shape index (κ1) is 20.0. The fourth-order valence-electron chi connectivity index (χ4n) is 4.28. The molecule has 0 spiro atoms. The highest BCUT2D eigenvalue weighted by Gasteiger charge is 2.56. The van der Waals surface area contributed by atoms with E-state index in [4.69, 9.17) is 20.5 Å². The van der Waals surface area contributed by atoms with Crippen molar-refractivity contribution in [3.63, 3.8) is 0 Å². The van der Waals surface area contributed by atoms with Gasteiger partial charge in [-0.25, -0.2) is 0 Å². The van der Waals surface area contributed by atoms with E-state index < -0.39 is 5.91 Å². The third kappa shape index (κ3) is 3.75. The number of likely N-dealkylation sites (tertiary alicyclic amines) is 1. The van der Waals surface area contributed by atoms with E-state index in [1.54, 1.807) is 29.3 Å². The maximum Gasteiger partial charge on any atom is 0.252 e. The molecule has 8 heteroatoms. The van der Waals surface area contributed by atoms with Crippen molar-refractivity contribution in [2.45, 2.75) is 26.4 Å². The van der Waals surface area contributed by atoms with Crippen LogP contribution in [0.5, 0.6) is 11.5 Å². The summed E-state index contributed by atoms with van der Waals surface area (Å²) >= 11 is 0. The van der Waals surface area contributed by atoms with Gasteiger partial charge in [0.25, 0.3) is 5.91 Å². The number of hydrogen-bond donors (Lipinski definition) is 1. The van der Waals surface area contributed by atoms with Crippen LogP contribution in [0.4, 0.5) is 0 Å². The number of nitriles is 1. The minimum absolute atomic E-state index is 0.0579. The molecule has 2 aliphatic rings. The van der Waals surface area contributed by atoms with Crippen molar-refractivity contribution in [3.8, 4) is 17.6 Å². The second-order valence-electron chi connectivity index (χ2n) is 8.14. The lowest BCUT2D eigenvalue weighted by Gasteiger charge is -2.19. The number of carbonyl (C=O) groups excluding carboxylic acids is 2. The van der Waals surface area contributed by atoms with Gasteiger partial charge in [0.05, 0.1) is 29.9 Å². The summed E-state index contributed by atoms with van der Waals surface area (Å²) in [5.41, 5.74) is 6.41. The molecule has 2 fully saturated rings. The zero-order chi connectivity index (χ0) is 21.4. The van der Waals surface area contributed by atoms with Gasteiger partial charge in [0.2, 0.25) is 5.91 Å². The number of primary amides is 1. The number of nitrogens with two attached hydrogens (primary N) is 1. The number of ether oxygens (including phenoxy) is 2. The molecular weight excluding hydrogens is 384 g/mol. The van der Waals surface area contributed by atoms with Gasteiger partial charge < -0.3 is 20.1 Å². The van der Waals surface area contributed by atoms with Crippen LogP contribution in [0.15, 0.2) is 24.4 Å². The molecule has 1 aliphatic heterocycles. The van der Waals surface area contributed by atoms with E-state index in [1.807, 2.05) is 19.9 Å². The topological polar surface area (TPSA) is 119 Å². The fraction of sp³-hybridized carbons (Fsp3) is 0.455. The molecule has 2 amide bonds. The van der Waals surface area contributed by atoms with Crippen molar-refractivity contribution in [1.29, 1.82) is 5.26 Å². The number of hydrogen-bond acceptors (Lipinski definition) is 6. The Kier molecular flexibility index (Phi) is 5.20. The number of aromatic nitrogens is 1. The lowest BCUT2D eigenvalue weighted by Crippen LogP contribution is -2.31. The first-order chi connectivity index (χ1) is 14.4. The highest BCUT2D eigenvalue weighted by molar-refractivity contribution is 6.01. The standard InChI is InChI=1S/C22H24N4O4/c1-12(2)30-20-8-13-18(7-14(20)22(24)28)25-6-4-19(13)29-11-17-15-9-26(10-16(15)17)21(27)3-5-23/h4,6-8,12,15-17H,3,9-11H2,1-2H3,(H2,24,28)/t15-,16+,17-. The predicted octanol–water partition coefficient (Wildman–Crippen LogP) is 2.12. The van der Waals surface area contributed by atoms with Crippen LogP contribution in [0.1, 0.15) is 30.6 Å². The van der Waals surface area contributed by atoms with E-state index >= 15 is 0 Å². The Morgan fingerprint density at radius 1 is 1.30 bits per heavy atom. The average molecular weight is 408 g/mol. The molecule has 1 aromatic heterocycles. The molecule has 0 unspecified atom stereocenters. The lowest BCUT2D eigenvalue weighted by molar-refractivity contribution is -0.129. The minimum atomic E-state index is -0.568. The number of pyridine rings is 1. The first-order valence-electron chi connectivity index (χ1n) is 10.1. The van der Waals surface area contributed by atoms with Crippen molar-refractivity contribution >= 4 is 22.7 Å². The highest BCUT2D eigenvalue weighted by Crippen LogP contribution is 2.52. The van der Waals surface area contributed by atoms with Gasteiger partial charge in [-0.05, 0) is 43.9 Å². The molecule has 30 heavy (non-hydrogen) atoms. The van der Waals surface area contributed by atoms with E-state index in [9.17, 15) is 9.59 Å². The molecule has 0 bridgehead atoms. The zero-order valence-electron chi connectivity index (χ0n) is 17.0. The van der Waals surface area contributed by atoms with Gasteiger partial charge in [0, 0.05) is 30.6 Å². The molecule has 4 rings (SSSR count). The molecule has 1 aromatic carbocycles. The van der Waals surface area contributed by atoms with Crippen molar-refractivity contribution in [1.82, 2.24) is 9.88 Å². The molecule has 8 nitrogen and oxygen atoms in total. The molecule has 1 saturated heterocycles. The van der Waals surface area contributed by atoms with Crippen LogP contribution in [0.3, 0.4) is 0 Å². The zero-order valence-corrected chi connectivity index (χ0v) is 17.0. The summed E-state index contributed by atoms with van der Waals surface area (Å²) in [7, 11) is 0. The van der Waals surface area contributed by atoms with Crippen LogP contribution < -0.4 is 15.2 Å². The summed E-state index contributed by atoms with van der Waals surface area (Å²) in [6.07, 6.45) is 1.47. The van der Waals surface area contributed by atoms with Crippen molar-refractivity contribution in [3.05, 3.63) is 30.0 Å². The summed E-state index contributed by atoms with van der Waals surface area (Å²) < 4.78 is 11.9. The molecule has 156 valence electrons. The first-order valence-corrected chi connectivity index (χ1v) is 10.1. The molecule has 2 N–H and O–H groups in total. The van der Waals surface area contributed by atoms with Gasteiger partial charge in [-0.3, -0.25) is 14.6 Å². The summed E-state index contributed by atoms with van der Waals surface area (Å²) in [5, 5.41) is 9.44. The maximum atomic E-state index is 11.8. The third-order valence-electron chi connectivity index (χ3n) is 5.82. The second kappa shape index (κ2) is 7.82. The van der Waals surface area contributed by atoms with Gasteiger partial charge in [-0.15, -0.1) is 0 Å². The molecule has 1 aliphatic carbocycles. The highest BCUT2D eigenvalue weighted by atomic mass is 16.5. The molecule has 3 atom stereocenters. The monoisotopic (exact) mass is 408 g/mol. The molecule has 2 heterocycles. The maximum absolute atomic E-state index is 11.8. The van der Waals surface area contributed by atoms with Crippen LogP contribution in [0.25, 0.3) is 10.9 Å². The summed E-state index contributed by atoms with van der Waals surface area (Å²) in [6, 6.07) is 7.10. The van der Waals surface area contributed by atoms with Crippen LogP contribution in [0, 0.1) is 29.1 Å². The van der Waals surface area contributed by atoms with Crippen LogP contribution >= 0.6 is 0 Å². The quantitative estimate of drug-likeness (QED) is 0.750. The van der Waals surface area contributed by atoms with Gasteiger partial charge in [-0.2, -0.15) is 5.26 Å². The van der Waals surface area contributed by atoms with Crippen LogP contribution in [-0.2, 0) is 4.79 Å². The van der Waals surface area contributed by atoms with Gasteiger partial charge in [0.15, 0.2) is 0 Å². The molecule has 2 aromatic rings. The third-order valence-corrected chi connectivity index (χ3v) is 5.82. The summed E-state index contributed by atoms with van der Waals surface area (Å²) in [5.74, 6) is 1.69. The lowest BCUT2D eigenvalue weighted by atomic mass is 10.1. The van der Waals surface area contributed by atoms with Gasteiger partial charge >= 0.3 is 0 Å². The van der Waals surface area contributed by atoms with E-state index in [0.717, 1.165) is 5.39 Å². The van der Waals surface area contributed by atoms with E-state index in [1.165, 1.54) is 0 Å². The van der Waals surface area contributed by atoms with Crippen LogP contribution in [0.2, 0.25) is 0 Å². The van der Waals surface area contributed by atoms with E-state index in [2.05, 4.69) is 4.98 Å². The molecule has 0 radical (unpaired) electrons. The fourth-order valence-corrected chi connectivity index (χ4v) is 4.28. The SMILES string of the molecule is CC(C)Oc1cc2c(OC[C@H]3[C@H]4CN(C(=O)CC#N)C[C@@H]34)ccnc2cc1C(N)=O. The summed E-state index contributed by atoms with van der Waals surface area (Å²) in [4.78, 5) is 29.8. The number of rotatable bonds is 7. The van der Waals surface area contributed by atoms with E-state index in [0.29, 0.717) is 60.0 Å². The Hall–Kier alpha value is -3.34. The minimum Gasteiger partial charge on any atom is -0.493 e. The Labute approximate surface area is 174 Å². The van der Waals surface area contributed by atoms with Crippen molar-refractivity contribution in [2.24, 2.45) is 23.5 Å². The molecule has 1 saturated carbocycles. The van der Waals surface area contributed by atoms with Crippen molar-refractivity contribution in [2.75, 3.05) is 19.7 Å². The Morgan fingerprint density at radius 2 is 2.03 bits per heavy atom. The predicted molar refractivity (Wildman–Crippen MR) is 109 cm³/mol.